The highest BCUT2D eigenvalue weighted by atomic mass is 16.3. The summed E-state index contributed by atoms with van der Waals surface area (Å²) in [5, 5.41) is 3.62. The van der Waals surface area contributed by atoms with Crippen LogP contribution in [-0.2, 0) is 0 Å². The normalized spacial score (nSPS) is 10.6. The fraction of sp³-hybridized carbons (Fsp3) is 0.111. The average Bonchev–Trinajstić information content (AvgIpc) is 2.83. The van der Waals surface area contributed by atoms with E-state index < -0.39 is 0 Å². The van der Waals surface area contributed by atoms with Gasteiger partial charge in [-0.1, -0.05) is 18.2 Å². The third-order valence-corrected chi connectivity index (χ3v) is 3.55. The van der Waals surface area contributed by atoms with E-state index in [0.717, 1.165) is 5.39 Å². The van der Waals surface area contributed by atoms with Crippen molar-refractivity contribution in [3.05, 3.63) is 65.4 Å². The maximum Gasteiger partial charge on any atom is 0.259 e. The molecule has 4 heteroatoms. The van der Waals surface area contributed by atoms with E-state index in [-0.39, 0.29) is 11.7 Å². The molecule has 0 atom stereocenters. The molecule has 0 bridgehead atoms. The van der Waals surface area contributed by atoms with Crippen LogP contribution in [0.2, 0.25) is 0 Å². The third kappa shape index (κ3) is 2.51. The van der Waals surface area contributed by atoms with E-state index in [9.17, 15) is 9.59 Å². The summed E-state index contributed by atoms with van der Waals surface area (Å²) in [7, 11) is 0. The van der Waals surface area contributed by atoms with Crippen molar-refractivity contribution in [2.75, 3.05) is 5.32 Å². The quantitative estimate of drug-likeness (QED) is 0.736. The summed E-state index contributed by atoms with van der Waals surface area (Å²) < 4.78 is 5.60. The Labute approximate surface area is 127 Å². The summed E-state index contributed by atoms with van der Waals surface area (Å²) in [5.41, 5.74) is 2.48. The highest BCUT2D eigenvalue weighted by Gasteiger charge is 2.17. The summed E-state index contributed by atoms with van der Waals surface area (Å²) in [6.07, 6.45) is 0. The first-order valence-electron chi connectivity index (χ1n) is 6.97. The Balaban J connectivity index is 1.90. The Kier molecular flexibility index (Phi) is 3.51. The molecule has 0 saturated carbocycles. The monoisotopic (exact) mass is 293 g/mol. The molecule has 0 aliphatic carbocycles. The Bertz CT molecular complexity index is 860. The van der Waals surface area contributed by atoms with Crippen molar-refractivity contribution < 1.29 is 14.0 Å². The largest absolute Gasteiger partial charge is 0.461 e. The second kappa shape index (κ2) is 5.48. The molecule has 0 radical (unpaired) electrons. The van der Waals surface area contributed by atoms with Crippen molar-refractivity contribution in [3.8, 4) is 0 Å². The number of amides is 1. The van der Waals surface area contributed by atoms with Gasteiger partial charge in [-0.05, 0) is 44.2 Å². The van der Waals surface area contributed by atoms with Crippen LogP contribution in [0.15, 0.2) is 52.9 Å². The van der Waals surface area contributed by atoms with Gasteiger partial charge in [-0.25, -0.2) is 0 Å². The number of para-hydroxylation sites is 1. The van der Waals surface area contributed by atoms with Crippen LogP contribution in [0.3, 0.4) is 0 Å². The van der Waals surface area contributed by atoms with Gasteiger partial charge in [0, 0.05) is 16.6 Å². The zero-order valence-corrected chi connectivity index (χ0v) is 12.3. The van der Waals surface area contributed by atoms with E-state index in [4.69, 9.17) is 4.42 Å². The number of ketones is 1. The number of carbonyl (C=O) groups excluding carboxylic acids is 2. The Morgan fingerprint density at radius 1 is 1.00 bits per heavy atom. The topological polar surface area (TPSA) is 59.3 Å². The van der Waals surface area contributed by atoms with Crippen molar-refractivity contribution in [3.63, 3.8) is 0 Å². The number of aryl methyl sites for hydroxylation is 1. The summed E-state index contributed by atoms with van der Waals surface area (Å²) in [6, 6.07) is 14.2. The van der Waals surface area contributed by atoms with Gasteiger partial charge in [0.15, 0.2) is 5.78 Å². The lowest BCUT2D eigenvalue weighted by Gasteiger charge is -2.05. The van der Waals surface area contributed by atoms with Crippen molar-refractivity contribution in [1.29, 1.82) is 0 Å². The van der Waals surface area contributed by atoms with E-state index in [1.807, 2.05) is 24.3 Å². The number of Topliss-reactive ketones (excluding diaryl/α,β-unsaturated/α-hetero) is 1. The lowest BCUT2D eigenvalue weighted by Crippen LogP contribution is -2.12. The number of hydrogen-bond acceptors (Lipinski definition) is 3. The molecular formula is C18H15NO3. The number of nitrogens with one attached hydrogen (secondary N) is 1. The molecule has 3 aromatic rings. The lowest BCUT2D eigenvalue weighted by atomic mass is 10.1. The smallest absolute Gasteiger partial charge is 0.259 e. The first kappa shape index (κ1) is 14.1. The maximum absolute atomic E-state index is 12.5. The summed E-state index contributed by atoms with van der Waals surface area (Å²) >= 11 is 0. The average molecular weight is 293 g/mol. The zero-order valence-electron chi connectivity index (χ0n) is 12.3. The van der Waals surface area contributed by atoms with Crippen LogP contribution in [0.5, 0.6) is 0 Å². The summed E-state index contributed by atoms with van der Waals surface area (Å²) in [5.74, 6) is 0.353. The number of hydrogen-bond donors (Lipinski definition) is 1. The molecule has 1 amide bonds. The predicted molar refractivity (Wildman–Crippen MR) is 85.4 cm³/mol. The van der Waals surface area contributed by atoms with Gasteiger partial charge in [-0.15, -0.1) is 0 Å². The molecule has 0 aliphatic heterocycles. The molecule has 0 unspecified atom stereocenters. The summed E-state index contributed by atoms with van der Waals surface area (Å²) in [6.45, 7) is 3.28. The van der Waals surface area contributed by atoms with Crippen molar-refractivity contribution >= 4 is 28.3 Å². The second-order valence-corrected chi connectivity index (χ2v) is 5.12. The van der Waals surface area contributed by atoms with Gasteiger partial charge in [0.05, 0.1) is 5.56 Å². The highest BCUT2D eigenvalue weighted by molar-refractivity contribution is 6.13. The second-order valence-electron chi connectivity index (χ2n) is 5.12. The van der Waals surface area contributed by atoms with E-state index >= 15 is 0 Å². The molecule has 0 aliphatic rings. The van der Waals surface area contributed by atoms with Gasteiger partial charge in [-0.2, -0.15) is 0 Å². The zero-order chi connectivity index (χ0) is 15.7. The minimum atomic E-state index is -0.224. The Morgan fingerprint density at radius 3 is 2.36 bits per heavy atom. The van der Waals surface area contributed by atoms with E-state index in [2.05, 4.69) is 5.32 Å². The third-order valence-electron chi connectivity index (χ3n) is 3.55. The minimum Gasteiger partial charge on any atom is -0.461 e. The van der Waals surface area contributed by atoms with Gasteiger partial charge in [0.25, 0.3) is 5.91 Å². The molecule has 2 aromatic carbocycles. The van der Waals surface area contributed by atoms with Crippen molar-refractivity contribution in [2.45, 2.75) is 13.8 Å². The summed E-state index contributed by atoms with van der Waals surface area (Å²) in [4.78, 5) is 23.7. The predicted octanol–water partition coefficient (Wildman–Crippen LogP) is 4.20. The van der Waals surface area contributed by atoms with Gasteiger partial charge >= 0.3 is 0 Å². The Hall–Kier alpha value is -2.88. The molecule has 110 valence electrons. The molecular weight excluding hydrogens is 278 g/mol. The molecule has 22 heavy (non-hydrogen) atoms. The van der Waals surface area contributed by atoms with Gasteiger partial charge in [0.2, 0.25) is 0 Å². The number of rotatable bonds is 3. The number of benzene rings is 2. The first-order valence-corrected chi connectivity index (χ1v) is 6.97. The molecule has 0 fully saturated rings. The fourth-order valence-electron chi connectivity index (χ4n) is 2.43. The van der Waals surface area contributed by atoms with E-state index in [1.165, 1.54) is 6.92 Å². The van der Waals surface area contributed by atoms with Crippen LogP contribution >= 0.6 is 0 Å². The Morgan fingerprint density at radius 2 is 1.68 bits per heavy atom. The van der Waals surface area contributed by atoms with Crippen LogP contribution in [0.25, 0.3) is 11.0 Å². The van der Waals surface area contributed by atoms with Crippen LogP contribution in [0.4, 0.5) is 5.69 Å². The molecule has 1 heterocycles. The van der Waals surface area contributed by atoms with Crippen molar-refractivity contribution in [1.82, 2.24) is 0 Å². The van der Waals surface area contributed by atoms with Crippen LogP contribution in [0.1, 0.15) is 33.4 Å². The fourth-order valence-corrected chi connectivity index (χ4v) is 2.43. The number of carbonyl (C=O) groups is 2. The minimum absolute atomic E-state index is 0.00505. The van der Waals surface area contributed by atoms with Gasteiger partial charge in [-0.3, -0.25) is 9.59 Å². The van der Waals surface area contributed by atoms with Crippen molar-refractivity contribution in [2.24, 2.45) is 0 Å². The standard InChI is InChI=1S/C18H15NO3/c1-11(20)13-7-9-14(10-8-13)19-18(21)17-12(2)22-16-6-4-3-5-15(16)17/h3-10H,1-2H3,(H,19,21). The highest BCUT2D eigenvalue weighted by Crippen LogP contribution is 2.26. The van der Waals surface area contributed by atoms with Gasteiger partial charge in [0.1, 0.15) is 11.3 Å². The van der Waals surface area contributed by atoms with Gasteiger partial charge < -0.3 is 9.73 Å². The number of fused-ring (bicyclic) bond motifs is 1. The SMILES string of the molecule is CC(=O)c1ccc(NC(=O)c2c(C)oc3ccccc23)cc1. The number of anilines is 1. The molecule has 1 N–H and O–H groups in total. The van der Waals surface area contributed by atoms with E-state index in [1.54, 1.807) is 31.2 Å². The van der Waals surface area contributed by atoms with Crippen LogP contribution in [-0.4, -0.2) is 11.7 Å². The molecule has 3 rings (SSSR count). The molecule has 1 aromatic heterocycles. The van der Waals surface area contributed by atoms with Crippen LogP contribution in [0, 0.1) is 6.92 Å². The molecule has 4 nitrogen and oxygen atoms in total. The van der Waals surface area contributed by atoms with Crippen LogP contribution < -0.4 is 5.32 Å². The lowest BCUT2D eigenvalue weighted by molar-refractivity contribution is 0.101. The van der Waals surface area contributed by atoms with E-state index in [0.29, 0.717) is 28.2 Å². The molecule has 0 saturated heterocycles. The maximum atomic E-state index is 12.5. The molecule has 0 spiro atoms. The number of furan rings is 1. The first-order chi connectivity index (χ1) is 10.6.